The maximum atomic E-state index is 12.6. The highest BCUT2D eigenvalue weighted by molar-refractivity contribution is 5.79. The summed E-state index contributed by atoms with van der Waals surface area (Å²) in [6, 6.07) is 6.01. The van der Waals surface area contributed by atoms with Gasteiger partial charge in [0.05, 0.1) is 13.0 Å². The summed E-state index contributed by atoms with van der Waals surface area (Å²) in [7, 11) is 0. The number of nitrogens with zero attached hydrogens (tertiary/aromatic N) is 2. The largest absolute Gasteiger partial charge is 0.493 e. The van der Waals surface area contributed by atoms with Crippen molar-refractivity contribution in [2.45, 2.75) is 32.6 Å². The molecule has 0 unspecified atom stereocenters. The molecule has 0 aromatic heterocycles. The lowest BCUT2D eigenvalue weighted by molar-refractivity contribution is -0.130. The van der Waals surface area contributed by atoms with Crippen molar-refractivity contribution in [1.29, 1.82) is 0 Å². The van der Waals surface area contributed by atoms with Gasteiger partial charge in [0.25, 0.3) is 0 Å². The summed E-state index contributed by atoms with van der Waals surface area (Å²) in [6.45, 7) is 6.08. The van der Waals surface area contributed by atoms with Crippen molar-refractivity contribution in [3.05, 3.63) is 29.3 Å². The molecule has 6 heteroatoms. The fourth-order valence-electron chi connectivity index (χ4n) is 3.35. The molecule has 0 radical (unpaired) electrons. The molecule has 1 aromatic carbocycles. The first-order valence-electron chi connectivity index (χ1n) is 9.22. The number of amides is 3. The van der Waals surface area contributed by atoms with E-state index in [1.54, 1.807) is 0 Å². The number of nitrogens with one attached hydrogen (secondary N) is 1. The fourth-order valence-corrected chi connectivity index (χ4v) is 3.35. The second-order valence-corrected chi connectivity index (χ2v) is 6.67. The molecule has 3 rings (SSSR count). The molecule has 3 amide bonds. The molecule has 2 aliphatic heterocycles. The quantitative estimate of drug-likeness (QED) is 0.905. The van der Waals surface area contributed by atoms with Gasteiger partial charge >= 0.3 is 6.03 Å². The van der Waals surface area contributed by atoms with Gasteiger partial charge in [-0.05, 0) is 30.0 Å². The van der Waals surface area contributed by atoms with Crippen LogP contribution in [0, 0.1) is 0 Å². The molecule has 1 fully saturated rings. The van der Waals surface area contributed by atoms with Gasteiger partial charge in [0.1, 0.15) is 5.75 Å². The molecule has 0 atom stereocenters. The van der Waals surface area contributed by atoms with Crippen LogP contribution < -0.4 is 10.1 Å². The summed E-state index contributed by atoms with van der Waals surface area (Å²) in [5, 5.41) is 2.91. The van der Waals surface area contributed by atoms with Gasteiger partial charge in [-0.25, -0.2) is 4.79 Å². The molecule has 25 heavy (non-hydrogen) atoms. The Morgan fingerprint density at radius 1 is 1.16 bits per heavy atom. The van der Waals surface area contributed by atoms with E-state index in [0.29, 0.717) is 39.1 Å². The third-order valence-corrected chi connectivity index (χ3v) is 4.77. The average Bonchev–Trinajstić information content (AvgIpc) is 2.93. The summed E-state index contributed by atoms with van der Waals surface area (Å²) in [4.78, 5) is 28.4. The van der Waals surface area contributed by atoms with E-state index in [2.05, 4.69) is 11.4 Å². The van der Waals surface area contributed by atoms with Crippen LogP contribution >= 0.6 is 0 Å². The number of benzene rings is 1. The Kier molecular flexibility index (Phi) is 5.79. The predicted molar refractivity (Wildman–Crippen MR) is 95.8 cm³/mol. The van der Waals surface area contributed by atoms with Crippen LogP contribution in [0.1, 0.15) is 30.9 Å². The SMILES string of the molecule is CCCNC(=O)N1CCCN(C(=O)Cc2ccc3c(c2)CCO3)CC1. The second kappa shape index (κ2) is 8.23. The van der Waals surface area contributed by atoms with Crippen molar-refractivity contribution in [3.63, 3.8) is 0 Å². The highest BCUT2D eigenvalue weighted by atomic mass is 16.5. The Morgan fingerprint density at radius 3 is 2.80 bits per heavy atom. The average molecular weight is 345 g/mol. The maximum Gasteiger partial charge on any atom is 0.317 e. The molecule has 1 N–H and O–H groups in total. The van der Waals surface area contributed by atoms with Crippen LogP contribution in [-0.2, 0) is 17.6 Å². The predicted octanol–water partition coefficient (Wildman–Crippen LogP) is 1.82. The number of carbonyl (C=O) groups excluding carboxylic acids is 2. The molecular formula is C19H27N3O3. The van der Waals surface area contributed by atoms with E-state index in [9.17, 15) is 9.59 Å². The van der Waals surface area contributed by atoms with E-state index in [4.69, 9.17) is 4.74 Å². The van der Waals surface area contributed by atoms with Crippen molar-refractivity contribution < 1.29 is 14.3 Å². The summed E-state index contributed by atoms with van der Waals surface area (Å²) in [6.07, 6.45) is 3.08. The zero-order chi connectivity index (χ0) is 17.6. The Hall–Kier alpha value is -2.24. The van der Waals surface area contributed by atoms with E-state index < -0.39 is 0 Å². The van der Waals surface area contributed by atoms with Gasteiger partial charge in [0.15, 0.2) is 0 Å². The number of urea groups is 1. The standard InChI is InChI=1S/C19H27N3O3/c1-2-7-20-19(24)22-9-3-8-21(10-11-22)18(23)14-15-4-5-17-16(13-15)6-12-25-17/h4-5,13H,2-3,6-12,14H2,1H3,(H,20,24). The van der Waals surface area contributed by atoms with Crippen LogP contribution in [0.4, 0.5) is 4.79 Å². The molecule has 6 nitrogen and oxygen atoms in total. The Morgan fingerprint density at radius 2 is 1.96 bits per heavy atom. The van der Waals surface area contributed by atoms with Crippen molar-refractivity contribution in [3.8, 4) is 5.75 Å². The summed E-state index contributed by atoms with van der Waals surface area (Å²) >= 11 is 0. The Bertz CT molecular complexity index is 632. The normalized spacial score (nSPS) is 16.8. The maximum absolute atomic E-state index is 12.6. The van der Waals surface area contributed by atoms with Crippen LogP contribution in [0.2, 0.25) is 0 Å². The minimum Gasteiger partial charge on any atom is -0.493 e. The van der Waals surface area contributed by atoms with Gasteiger partial charge in [-0.3, -0.25) is 4.79 Å². The van der Waals surface area contributed by atoms with Crippen molar-refractivity contribution >= 4 is 11.9 Å². The highest BCUT2D eigenvalue weighted by Crippen LogP contribution is 2.26. The van der Waals surface area contributed by atoms with Crippen LogP contribution in [0.5, 0.6) is 5.75 Å². The number of hydrogen-bond acceptors (Lipinski definition) is 3. The minimum atomic E-state index is -0.0187. The van der Waals surface area contributed by atoms with Crippen molar-refractivity contribution in [2.24, 2.45) is 0 Å². The van der Waals surface area contributed by atoms with E-state index >= 15 is 0 Å². The zero-order valence-corrected chi connectivity index (χ0v) is 14.9. The van der Waals surface area contributed by atoms with Gasteiger partial charge in [0, 0.05) is 39.1 Å². The number of carbonyl (C=O) groups is 2. The number of hydrogen-bond donors (Lipinski definition) is 1. The third kappa shape index (κ3) is 4.44. The summed E-state index contributed by atoms with van der Waals surface area (Å²) in [5.41, 5.74) is 2.23. The lowest BCUT2D eigenvalue weighted by Crippen LogP contribution is -2.43. The van der Waals surface area contributed by atoms with Gasteiger partial charge in [-0.1, -0.05) is 19.1 Å². The van der Waals surface area contributed by atoms with Gasteiger partial charge in [0.2, 0.25) is 5.91 Å². The molecule has 1 saturated heterocycles. The van der Waals surface area contributed by atoms with E-state index in [1.165, 1.54) is 5.56 Å². The third-order valence-electron chi connectivity index (χ3n) is 4.77. The molecule has 1 aromatic rings. The number of rotatable bonds is 4. The van der Waals surface area contributed by atoms with Gasteiger partial charge < -0.3 is 19.9 Å². The van der Waals surface area contributed by atoms with E-state index in [0.717, 1.165) is 37.2 Å². The molecule has 0 spiro atoms. The Balaban J connectivity index is 1.53. The van der Waals surface area contributed by atoms with Crippen LogP contribution in [0.15, 0.2) is 18.2 Å². The van der Waals surface area contributed by atoms with Crippen LogP contribution in [0.3, 0.4) is 0 Å². The lowest BCUT2D eigenvalue weighted by Gasteiger charge is -2.22. The first-order valence-corrected chi connectivity index (χ1v) is 9.22. The summed E-state index contributed by atoms with van der Waals surface area (Å²) < 4.78 is 5.51. The minimum absolute atomic E-state index is 0.0187. The topological polar surface area (TPSA) is 61.9 Å². The fraction of sp³-hybridized carbons (Fsp3) is 0.579. The first kappa shape index (κ1) is 17.6. The van der Waals surface area contributed by atoms with Gasteiger partial charge in [-0.2, -0.15) is 0 Å². The number of fused-ring (bicyclic) bond motifs is 1. The van der Waals surface area contributed by atoms with Crippen LogP contribution in [-0.4, -0.2) is 61.1 Å². The molecular weight excluding hydrogens is 318 g/mol. The van der Waals surface area contributed by atoms with E-state index in [1.807, 2.05) is 28.9 Å². The first-order chi connectivity index (χ1) is 12.2. The highest BCUT2D eigenvalue weighted by Gasteiger charge is 2.22. The number of ether oxygens (including phenoxy) is 1. The van der Waals surface area contributed by atoms with Crippen LogP contribution in [0.25, 0.3) is 0 Å². The molecule has 0 aliphatic carbocycles. The zero-order valence-electron chi connectivity index (χ0n) is 14.9. The van der Waals surface area contributed by atoms with Gasteiger partial charge in [-0.15, -0.1) is 0 Å². The lowest BCUT2D eigenvalue weighted by atomic mass is 10.1. The smallest absolute Gasteiger partial charge is 0.317 e. The van der Waals surface area contributed by atoms with E-state index in [-0.39, 0.29) is 11.9 Å². The molecule has 2 aliphatic rings. The molecule has 0 bridgehead atoms. The molecule has 2 heterocycles. The van der Waals surface area contributed by atoms with Crippen molar-refractivity contribution in [1.82, 2.24) is 15.1 Å². The molecule has 136 valence electrons. The second-order valence-electron chi connectivity index (χ2n) is 6.67. The monoisotopic (exact) mass is 345 g/mol. The molecule has 0 saturated carbocycles. The summed E-state index contributed by atoms with van der Waals surface area (Å²) in [5.74, 6) is 1.08. The van der Waals surface area contributed by atoms with Crippen molar-refractivity contribution in [2.75, 3.05) is 39.3 Å². The Labute approximate surface area is 149 Å².